The Morgan fingerprint density at radius 1 is 1.04 bits per heavy atom. The van der Waals surface area contributed by atoms with Gasteiger partial charge in [-0.2, -0.15) is 0 Å². The van der Waals surface area contributed by atoms with Crippen LogP contribution in [0.4, 0.5) is 0 Å². The summed E-state index contributed by atoms with van der Waals surface area (Å²) in [4.78, 5) is 5.04. The molecule has 0 spiro atoms. The van der Waals surface area contributed by atoms with Gasteiger partial charge in [0.2, 0.25) is 10.0 Å². The number of rotatable bonds is 12. The predicted octanol–water partition coefficient (Wildman–Crippen LogP) is 1.41. The van der Waals surface area contributed by atoms with Crippen LogP contribution in [0.1, 0.15) is 19.8 Å². The number of nitrogens with zero attached hydrogens (tertiary/aromatic N) is 2. The van der Waals surface area contributed by atoms with Crippen LogP contribution in [0.25, 0.3) is 0 Å². The smallest absolute Gasteiger partial charge is 0.240 e. The third-order valence-corrected chi connectivity index (χ3v) is 6.10. The zero-order valence-electron chi connectivity index (χ0n) is 16.5. The second-order valence-corrected chi connectivity index (χ2v) is 8.53. The Kier molecular flexibility index (Phi) is 9.50. The lowest BCUT2D eigenvalue weighted by molar-refractivity contribution is 0.110. The number of nitrogens with one attached hydrogen (secondary N) is 1. The summed E-state index contributed by atoms with van der Waals surface area (Å²) in [7, 11) is -1.32. The highest BCUT2D eigenvalue weighted by molar-refractivity contribution is 7.89. The number of likely N-dealkylation sites (N-methyl/N-ethyl adjacent to an activating group) is 1. The van der Waals surface area contributed by atoms with E-state index in [-0.39, 0.29) is 4.90 Å². The number of hydrogen-bond donors (Lipinski definition) is 1. The van der Waals surface area contributed by atoms with Crippen LogP contribution in [0.15, 0.2) is 29.2 Å². The maximum atomic E-state index is 12.4. The number of unbranched alkanes of at least 4 members (excludes halogenated alkanes) is 1. The second kappa shape index (κ2) is 11.6. The molecule has 1 aliphatic rings. The molecule has 1 aromatic rings. The molecule has 0 aliphatic carbocycles. The average Bonchev–Trinajstić information content (AvgIpc) is 2.67. The first-order valence-electron chi connectivity index (χ1n) is 9.72. The molecule has 1 saturated heterocycles. The monoisotopic (exact) mass is 399 g/mol. The molecule has 1 heterocycles. The van der Waals surface area contributed by atoms with Gasteiger partial charge in [-0.25, -0.2) is 13.1 Å². The standard InChI is InChI=1S/C19H33N3O4S/c1-3-25-16-17-26-18-6-8-19(9-7-18)27(23,24)20-10-4-5-11-22-14-12-21(2)13-15-22/h6-9,20H,3-5,10-17H2,1-2H3. The molecule has 1 aromatic carbocycles. The van der Waals surface area contributed by atoms with E-state index in [0.29, 0.717) is 32.1 Å². The predicted molar refractivity (Wildman–Crippen MR) is 107 cm³/mol. The molecule has 27 heavy (non-hydrogen) atoms. The molecule has 0 radical (unpaired) electrons. The lowest BCUT2D eigenvalue weighted by Gasteiger charge is -2.32. The number of hydrogen-bond acceptors (Lipinski definition) is 6. The van der Waals surface area contributed by atoms with Gasteiger partial charge >= 0.3 is 0 Å². The van der Waals surface area contributed by atoms with Crippen molar-refractivity contribution in [1.29, 1.82) is 0 Å². The molecule has 8 heteroatoms. The summed E-state index contributed by atoms with van der Waals surface area (Å²) in [6.45, 7) is 9.46. The highest BCUT2D eigenvalue weighted by atomic mass is 32.2. The van der Waals surface area contributed by atoms with Gasteiger partial charge in [-0.1, -0.05) is 0 Å². The van der Waals surface area contributed by atoms with Crippen LogP contribution >= 0.6 is 0 Å². The minimum atomic E-state index is -3.47. The third kappa shape index (κ3) is 8.15. The maximum Gasteiger partial charge on any atom is 0.240 e. The van der Waals surface area contributed by atoms with E-state index in [1.54, 1.807) is 24.3 Å². The molecule has 0 unspecified atom stereocenters. The van der Waals surface area contributed by atoms with Gasteiger partial charge in [0.1, 0.15) is 12.4 Å². The fourth-order valence-electron chi connectivity index (χ4n) is 2.90. The van der Waals surface area contributed by atoms with Crippen molar-refractivity contribution in [3.8, 4) is 5.75 Å². The summed E-state index contributed by atoms with van der Waals surface area (Å²) in [5.74, 6) is 0.640. The summed E-state index contributed by atoms with van der Waals surface area (Å²) >= 11 is 0. The molecule has 0 amide bonds. The molecular formula is C19H33N3O4S. The topological polar surface area (TPSA) is 71.1 Å². The number of benzene rings is 1. The van der Waals surface area contributed by atoms with Crippen LogP contribution in [-0.2, 0) is 14.8 Å². The van der Waals surface area contributed by atoms with Crippen LogP contribution in [0.5, 0.6) is 5.75 Å². The van der Waals surface area contributed by atoms with Gasteiger partial charge < -0.3 is 19.3 Å². The zero-order chi connectivity index (χ0) is 19.5. The fraction of sp³-hybridized carbons (Fsp3) is 0.684. The van der Waals surface area contributed by atoms with E-state index in [9.17, 15) is 8.42 Å². The molecule has 1 N–H and O–H groups in total. The molecule has 2 rings (SSSR count). The maximum absolute atomic E-state index is 12.4. The van der Waals surface area contributed by atoms with Crippen molar-refractivity contribution in [2.75, 3.05) is 66.1 Å². The van der Waals surface area contributed by atoms with Gasteiger partial charge in [0, 0.05) is 39.3 Å². The summed E-state index contributed by atoms with van der Waals surface area (Å²) < 4.78 is 38.1. The number of ether oxygens (including phenoxy) is 2. The Bertz CT molecular complexity index is 629. The Balaban J connectivity index is 1.66. The van der Waals surface area contributed by atoms with Crippen molar-refractivity contribution < 1.29 is 17.9 Å². The molecule has 154 valence electrons. The molecule has 0 bridgehead atoms. The van der Waals surface area contributed by atoms with E-state index < -0.39 is 10.0 Å². The SMILES string of the molecule is CCOCCOc1ccc(S(=O)(=O)NCCCCN2CCN(C)CC2)cc1. The van der Waals surface area contributed by atoms with Crippen molar-refractivity contribution >= 4 is 10.0 Å². The average molecular weight is 400 g/mol. The first-order valence-corrected chi connectivity index (χ1v) is 11.2. The van der Waals surface area contributed by atoms with Gasteiger partial charge in [0.25, 0.3) is 0 Å². The molecule has 7 nitrogen and oxygen atoms in total. The van der Waals surface area contributed by atoms with Crippen LogP contribution in [0.2, 0.25) is 0 Å². The Morgan fingerprint density at radius 2 is 1.74 bits per heavy atom. The first-order chi connectivity index (χ1) is 13.0. The Hall–Kier alpha value is -1.19. The van der Waals surface area contributed by atoms with Crippen LogP contribution < -0.4 is 9.46 Å². The normalized spacial score (nSPS) is 16.5. The summed E-state index contributed by atoms with van der Waals surface area (Å²) in [5, 5.41) is 0. The third-order valence-electron chi connectivity index (χ3n) is 4.62. The summed E-state index contributed by atoms with van der Waals surface area (Å²) in [6, 6.07) is 6.49. The lowest BCUT2D eigenvalue weighted by Crippen LogP contribution is -2.44. The van der Waals surface area contributed by atoms with Gasteiger partial charge in [-0.3, -0.25) is 0 Å². The van der Waals surface area contributed by atoms with Crippen molar-refractivity contribution in [1.82, 2.24) is 14.5 Å². The molecule has 1 fully saturated rings. The molecule has 0 saturated carbocycles. The molecule has 0 atom stereocenters. The van der Waals surface area contributed by atoms with Crippen LogP contribution in [0, 0.1) is 0 Å². The van der Waals surface area contributed by atoms with E-state index in [4.69, 9.17) is 9.47 Å². The van der Waals surface area contributed by atoms with E-state index in [2.05, 4.69) is 21.6 Å². The van der Waals surface area contributed by atoms with Gasteiger partial charge in [0.05, 0.1) is 11.5 Å². The van der Waals surface area contributed by atoms with Crippen molar-refractivity contribution in [3.05, 3.63) is 24.3 Å². The zero-order valence-corrected chi connectivity index (χ0v) is 17.3. The van der Waals surface area contributed by atoms with Gasteiger partial charge in [-0.05, 0) is 57.6 Å². The molecular weight excluding hydrogens is 366 g/mol. The van der Waals surface area contributed by atoms with Crippen LogP contribution in [0.3, 0.4) is 0 Å². The van der Waals surface area contributed by atoms with Crippen LogP contribution in [-0.4, -0.2) is 84.4 Å². The summed E-state index contributed by atoms with van der Waals surface area (Å²) in [5.41, 5.74) is 0. The number of sulfonamides is 1. The minimum absolute atomic E-state index is 0.263. The Morgan fingerprint density at radius 3 is 2.41 bits per heavy atom. The van der Waals surface area contributed by atoms with Crippen molar-refractivity contribution in [2.24, 2.45) is 0 Å². The first kappa shape index (κ1) is 22.1. The second-order valence-electron chi connectivity index (χ2n) is 6.77. The van der Waals surface area contributed by atoms with Crippen molar-refractivity contribution in [2.45, 2.75) is 24.7 Å². The molecule has 1 aliphatic heterocycles. The highest BCUT2D eigenvalue weighted by Crippen LogP contribution is 2.16. The largest absolute Gasteiger partial charge is 0.491 e. The van der Waals surface area contributed by atoms with Gasteiger partial charge in [-0.15, -0.1) is 0 Å². The van der Waals surface area contributed by atoms with E-state index in [1.807, 2.05) is 6.92 Å². The number of piperazine rings is 1. The Labute approximate surface area is 163 Å². The lowest BCUT2D eigenvalue weighted by atomic mass is 10.2. The van der Waals surface area contributed by atoms with E-state index in [1.165, 1.54) is 0 Å². The minimum Gasteiger partial charge on any atom is -0.491 e. The van der Waals surface area contributed by atoms with Crippen molar-refractivity contribution in [3.63, 3.8) is 0 Å². The van der Waals surface area contributed by atoms with E-state index >= 15 is 0 Å². The quantitative estimate of drug-likeness (QED) is 0.536. The van der Waals surface area contributed by atoms with Gasteiger partial charge in [0.15, 0.2) is 0 Å². The summed E-state index contributed by atoms with van der Waals surface area (Å²) in [6.07, 6.45) is 1.84. The molecule has 0 aromatic heterocycles. The van der Waals surface area contributed by atoms with E-state index in [0.717, 1.165) is 45.6 Å². The fourth-order valence-corrected chi connectivity index (χ4v) is 3.97. The highest BCUT2D eigenvalue weighted by Gasteiger charge is 2.15.